The molecule has 23 heavy (non-hydrogen) atoms. The molecule has 1 aromatic rings. The fraction of sp³-hybridized carbons (Fsp3) is 0.375. The van der Waals surface area contributed by atoms with Crippen molar-refractivity contribution < 1.29 is 13.2 Å². The Labute approximate surface area is 134 Å². The molecule has 122 valence electrons. The maximum atomic E-state index is 12.1. The van der Waals surface area contributed by atoms with E-state index in [1.807, 2.05) is 0 Å². The van der Waals surface area contributed by atoms with Crippen LogP contribution in [0.5, 0.6) is 0 Å². The lowest BCUT2D eigenvalue weighted by molar-refractivity contribution is 0.0946. The first kappa shape index (κ1) is 15.7. The lowest BCUT2D eigenvalue weighted by atomic mass is 9.96. The number of allylic oxidation sites excluding steroid dienone is 2. The summed E-state index contributed by atoms with van der Waals surface area (Å²) in [6, 6.07) is 2.63. The average Bonchev–Trinajstić information content (AvgIpc) is 2.86. The van der Waals surface area contributed by atoms with Gasteiger partial charge in [0.05, 0.1) is 11.8 Å². The molecular weight excluding hydrogens is 316 g/mol. The van der Waals surface area contributed by atoms with Gasteiger partial charge >= 0.3 is 0 Å². The Kier molecular flexibility index (Phi) is 4.21. The predicted molar refractivity (Wildman–Crippen MR) is 87.7 cm³/mol. The van der Waals surface area contributed by atoms with Crippen LogP contribution in [-0.4, -0.2) is 31.1 Å². The molecule has 2 aliphatic rings. The second kappa shape index (κ2) is 6.16. The van der Waals surface area contributed by atoms with Crippen molar-refractivity contribution in [1.82, 2.24) is 10.3 Å². The van der Waals surface area contributed by atoms with Gasteiger partial charge in [-0.1, -0.05) is 6.08 Å². The molecule has 0 bridgehead atoms. The standard InChI is InChI=1S/C16H18N2O4S/c19-15(17-12-8-9-23(21,22)10-12)13-6-7-14(18-16(13)20)11-4-2-1-3-5-11/h4,6-9,12H,1-3,5,10H2,(H,17,19)(H,18,20)/t12-/m1/s1. The van der Waals surface area contributed by atoms with Gasteiger partial charge in [-0.15, -0.1) is 0 Å². The number of carbonyl (C=O) groups excluding carboxylic acids is 1. The monoisotopic (exact) mass is 334 g/mol. The molecule has 0 radical (unpaired) electrons. The molecule has 0 spiro atoms. The quantitative estimate of drug-likeness (QED) is 0.872. The molecule has 3 rings (SSSR count). The van der Waals surface area contributed by atoms with Crippen LogP contribution in [0.25, 0.3) is 5.57 Å². The summed E-state index contributed by atoms with van der Waals surface area (Å²) in [6.07, 6.45) is 7.71. The first-order valence-corrected chi connectivity index (χ1v) is 9.31. The fourth-order valence-electron chi connectivity index (χ4n) is 2.83. The average molecular weight is 334 g/mol. The Balaban J connectivity index is 1.76. The van der Waals surface area contributed by atoms with E-state index in [9.17, 15) is 18.0 Å². The van der Waals surface area contributed by atoms with Gasteiger partial charge in [0.1, 0.15) is 5.56 Å². The predicted octanol–water partition coefficient (Wildman–Crippen LogP) is 1.37. The van der Waals surface area contributed by atoms with Gasteiger partial charge in [-0.2, -0.15) is 0 Å². The zero-order chi connectivity index (χ0) is 16.4. The van der Waals surface area contributed by atoms with E-state index >= 15 is 0 Å². The summed E-state index contributed by atoms with van der Waals surface area (Å²) >= 11 is 0. The van der Waals surface area contributed by atoms with Gasteiger partial charge in [-0.3, -0.25) is 9.59 Å². The summed E-state index contributed by atoms with van der Waals surface area (Å²) in [7, 11) is -3.24. The number of aromatic nitrogens is 1. The van der Waals surface area contributed by atoms with Crippen LogP contribution < -0.4 is 10.9 Å². The number of H-pyrrole nitrogens is 1. The van der Waals surface area contributed by atoms with Crippen molar-refractivity contribution in [3.05, 3.63) is 51.3 Å². The Hall–Kier alpha value is -2.15. The van der Waals surface area contributed by atoms with Crippen molar-refractivity contribution in [2.45, 2.75) is 31.7 Å². The van der Waals surface area contributed by atoms with Gasteiger partial charge in [0.15, 0.2) is 9.84 Å². The number of hydrogen-bond donors (Lipinski definition) is 2. The topological polar surface area (TPSA) is 96.1 Å². The van der Waals surface area contributed by atoms with Crippen LogP contribution in [-0.2, 0) is 9.84 Å². The molecule has 1 aliphatic carbocycles. The Morgan fingerprint density at radius 3 is 2.70 bits per heavy atom. The lowest BCUT2D eigenvalue weighted by Crippen LogP contribution is -2.38. The molecule has 2 heterocycles. The van der Waals surface area contributed by atoms with Crippen molar-refractivity contribution in [3.8, 4) is 0 Å². The van der Waals surface area contributed by atoms with Gasteiger partial charge in [-0.25, -0.2) is 8.42 Å². The third-order valence-corrected chi connectivity index (χ3v) is 5.43. The summed E-state index contributed by atoms with van der Waals surface area (Å²) in [6.45, 7) is 0. The number of rotatable bonds is 3. The molecule has 1 amide bonds. The lowest BCUT2D eigenvalue weighted by Gasteiger charge is -2.13. The summed E-state index contributed by atoms with van der Waals surface area (Å²) in [4.78, 5) is 27.0. The van der Waals surface area contributed by atoms with Crippen LogP contribution in [0.1, 0.15) is 41.7 Å². The van der Waals surface area contributed by atoms with Gasteiger partial charge in [0, 0.05) is 11.1 Å². The number of amides is 1. The van der Waals surface area contributed by atoms with E-state index in [0.29, 0.717) is 0 Å². The van der Waals surface area contributed by atoms with Crippen LogP contribution in [0.15, 0.2) is 34.5 Å². The second-order valence-corrected chi connectivity index (χ2v) is 7.76. The molecule has 0 saturated heterocycles. The molecule has 6 nitrogen and oxygen atoms in total. The highest BCUT2D eigenvalue weighted by molar-refractivity contribution is 7.94. The molecule has 0 fully saturated rings. The van der Waals surface area contributed by atoms with E-state index in [-0.39, 0.29) is 11.3 Å². The molecule has 0 saturated carbocycles. The van der Waals surface area contributed by atoms with Crippen molar-refractivity contribution in [3.63, 3.8) is 0 Å². The molecule has 0 unspecified atom stereocenters. The zero-order valence-corrected chi connectivity index (χ0v) is 13.4. The summed E-state index contributed by atoms with van der Waals surface area (Å²) < 4.78 is 22.7. The second-order valence-electron chi connectivity index (χ2n) is 5.83. The van der Waals surface area contributed by atoms with Gasteiger partial charge in [-0.05, 0) is 49.5 Å². The van der Waals surface area contributed by atoms with Crippen molar-refractivity contribution in [1.29, 1.82) is 0 Å². The highest BCUT2D eigenvalue weighted by atomic mass is 32.2. The van der Waals surface area contributed by atoms with E-state index in [1.165, 1.54) is 12.1 Å². The summed E-state index contributed by atoms with van der Waals surface area (Å²) in [5, 5.41) is 3.64. The Bertz CT molecular complexity index is 849. The number of carbonyl (C=O) groups is 1. The molecule has 1 aliphatic heterocycles. The minimum absolute atomic E-state index is 0.0112. The summed E-state index contributed by atoms with van der Waals surface area (Å²) in [5.41, 5.74) is 1.37. The van der Waals surface area contributed by atoms with E-state index < -0.39 is 27.3 Å². The van der Waals surface area contributed by atoms with Crippen LogP contribution in [0.4, 0.5) is 0 Å². The number of sulfone groups is 1. The van der Waals surface area contributed by atoms with E-state index in [4.69, 9.17) is 0 Å². The highest BCUT2D eigenvalue weighted by Crippen LogP contribution is 2.24. The molecule has 2 N–H and O–H groups in total. The molecular formula is C16H18N2O4S. The molecule has 1 aromatic heterocycles. The minimum Gasteiger partial charge on any atom is -0.345 e. The largest absolute Gasteiger partial charge is 0.345 e. The van der Waals surface area contributed by atoms with Crippen molar-refractivity contribution in [2.24, 2.45) is 0 Å². The third-order valence-electron chi connectivity index (χ3n) is 4.04. The van der Waals surface area contributed by atoms with Gasteiger partial charge in [0.2, 0.25) is 0 Å². The minimum atomic E-state index is -3.24. The molecule has 0 aromatic carbocycles. The number of hydrogen-bond acceptors (Lipinski definition) is 4. The fourth-order valence-corrected chi connectivity index (χ4v) is 4.07. The van der Waals surface area contributed by atoms with E-state index in [2.05, 4.69) is 16.4 Å². The van der Waals surface area contributed by atoms with Gasteiger partial charge < -0.3 is 10.3 Å². The smallest absolute Gasteiger partial charge is 0.261 e. The molecule has 1 atom stereocenters. The number of pyridine rings is 1. The summed E-state index contributed by atoms with van der Waals surface area (Å²) in [5.74, 6) is -0.732. The van der Waals surface area contributed by atoms with E-state index in [1.54, 1.807) is 6.07 Å². The normalized spacial score (nSPS) is 22.6. The Morgan fingerprint density at radius 2 is 2.09 bits per heavy atom. The van der Waals surface area contributed by atoms with Crippen molar-refractivity contribution in [2.75, 3.05) is 5.75 Å². The zero-order valence-electron chi connectivity index (χ0n) is 12.5. The number of aromatic amines is 1. The third kappa shape index (κ3) is 3.61. The Morgan fingerprint density at radius 1 is 1.26 bits per heavy atom. The van der Waals surface area contributed by atoms with Crippen LogP contribution in [0.2, 0.25) is 0 Å². The number of nitrogens with one attached hydrogen (secondary N) is 2. The van der Waals surface area contributed by atoms with Crippen LogP contribution in [0, 0.1) is 0 Å². The maximum absolute atomic E-state index is 12.1. The highest BCUT2D eigenvalue weighted by Gasteiger charge is 2.24. The van der Waals surface area contributed by atoms with Crippen molar-refractivity contribution >= 4 is 21.3 Å². The first-order chi connectivity index (χ1) is 10.9. The first-order valence-electron chi connectivity index (χ1n) is 7.59. The maximum Gasteiger partial charge on any atom is 0.261 e. The van der Waals surface area contributed by atoms with Gasteiger partial charge in [0.25, 0.3) is 11.5 Å². The van der Waals surface area contributed by atoms with E-state index in [0.717, 1.165) is 42.4 Å². The SMILES string of the molecule is O=C(N[C@@H]1C=CS(=O)(=O)C1)c1ccc(C2=CCCCC2)[nH]c1=O. The molecule has 7 heteroatoms. The van der Waals surface area contributed by atoms with Crippen LogP contribution >= 0.6 is 0 Å². The van der Waals surface area contributed by atoms with Crippen LogP contribution in [0.3, 0.4) is 0 Å².